The summed E-state index contributed by atoms with van der Waals surface area (Å²) in [4.78, 5) is 27.6. The van der Waals surface area contributed by atoms with Crippen LogP contribution in [0.1, 0.15) is 10.5 Å². The minimum absolute atomic E-state index is 0.0887. The van der Waals surface area contributed by atoms with E-state index in [-0.39, 0.29) is 16.5 Å². The Labute approximate surface area is 118 Å². The third-order valence-corrected chi connectivity index (χ3v) is 3.20. The van der Waals surface area contributed by atoms with E-state index in [4.69, 9.17) is 0 Å². The van der Waals surface area contributed by atoms with Crippen molar-refractivity contribution >= 4 is 17.7 Å². The third kappa shape index (κ3) is 2.57. The van der Waals surface area contributed by atoms with Crippen LogP contribution in [0.4, 0.5) is 4.39 Å². The van der Waals surface area contributed by atoms with Gasteiger partial charge in [0.05, 0.1) is 12.8 Å². The summed E-state index contributed by atoms with van der Waals surface area (Å²) in [5, 5.41) is 0.211. The zero-order valence-electron chi connectivity index (χ0n) is 10.8. The van der Waals surface area contributed by atoms with Gasteiger partial charge in [-0.25, -0.2) is 14.2 Å². The molecule has 20 heavy (non-hydrogen) atoms. The van der Waals surface area contributed by atoms with Crippen LogP contribution >= 0.6 is 11.8 Å². The zero-order chi connectivity index (χ0) is 14.7. The number of carbonyl (C=O) groups excluding carboxylic acids is 1. The quantitative estimate of drug-likeness (QED) is 0.491. The fourth-order valence-corrected chi connectivity index (χ4v) is 2.22. The molecule has 0 bridgehead atoms. The number of nitrogens with zero attached hydrogens (tertiary/aromatic N) is 2. The standard InChI is InChI=1S/C13H11FN2O3S/c1-19-12(18)9-7-11(17)16(13(15-9)20-2)10-6-4-3-5-8(10)14/h3-7H,1-2H3. The predicted octanol–water partition coefficient (Wildman–Crippen LogP) is 1.88. The summed E-state index contributed by atoms with van der Waals surface area (Å²) >= 11 is 1.13. The number of thioether (sulfide) groups is 1. The summed E-state index contributed by atoms with van der Waals surface area (Å²) < 4.78 is 19.5. The van der Waals surface area contributed by atoms with Gasteiger partial charge in [-0.1, -0.05) is 23.9 Å². The molecule has 0 radical (unpaired) electrons. The Balaban J connectivity index is 2.69. The van der Waals surface area contributed by atoms with Gasteiger partial charge in [0, 0.05) is 6.07 Å². The number of ether oxygens (including phenoxy) is 1. The number of para-hydroxylation sites is 1. The van der Waals surface area contributed by atoms with E-state index in [2.05, 4.69) is 9.72 Å². The molecular weight excluding hydrogens is 283 g/mol. The molecule has 104 valence electrons. The van der Waals surface area contributed by atoms with Gasteiger partial charge in [0.15, 0.2) is 10.9 Å². The first kappa shape index (κ1) is 14.3. The number of benzene rings is 1. The number of hydrogen-bond donors (Lipinski definition) is 0. The Bertz CT molecular complexity index is 715. The molecule has 0 saturated heterocycles. The molecule has 5 nitrogen and oxygen atoms in total. The van der Waals surface area contributed by atoms with Gasteiger partial charge in [0.25, 0.3) is 5.56 Å². The molecule has 1 aromatic carbocycles. The number of methoxy groups -OCH3 is 1. The third-order valence-electron chi connectivity index (χ3n) is 2.56. The molecule has 0 unspecified atom stereocenters. The van der Waals surface area contributed by atoms with E-state index in [9.17, 15) is 14.0 Å². The number of esters is 1. The molecule has 7 heteroatoms. The molecule has 0 spiro atoms. The van der Waals surface area contributed by atoms with E-state index >= 15 is 0 Å². The van der Waals surface area contributed by atoms with Crippen LogP contribution in [-0.2, 0) is 4.74 Å². The van der Waals surface area contributed by atoms with Crippen molar-refractivity contribution < 1.29 is 13.9 Å². The van der Waals surface area contributed by atoms with Crippen LogP contribution in [-0.4, -0.2) is 28.9 Å². The Morgan fingerprint density at radius 3 is 2.70 bits per heavy atom. The maximum absolute atomic E-state index is 13.8. The lowest BCUT2D eigenvalue weighted by Gasteiger charge is -2.11. The Morgan fingerprint density at radius 1 is 1.40 bits per heavy atom. The molecule has 0 aliphatic rings. The smallest absolute Gasteiger partial charge is 0.356 e. The second-order valence-electron chi connectivity index (χ2n) is 3.74. The first-order valence-electron chi connectivity index (χ1n) is 5.59. The fourth-order valence-electron chi connectivity index (χ4n) is 1.66. The molecule has 2 aromatic rings. The summed E-state index contributed by atoms with van der Waals surface area (Å²) in [6.07, 6.45) is 1.68. The van der Waals surface area contributed by atoms with Crippen LogP contribution in [0.3, 0.4) is 0 Å². The van der Waals surface area contributed by atoms with E-state index in [1.165, 1.54) is 25.3 Å². The fraction of sp³-hybridized carbons (Fsp3) is 0.154. The summed E-state index contributed by atoms with van der Waals surface area (Å²) in [5.74, 6) is -1.25. The number of carbonyl (C=O) groups is 1. The molecule has 0 atom stereocenters. The number of rotatable bonds is 3. The Hall–Kier alpha value is -2.15. The second kappa shape index (κ2) is 5.87. The topological polar surface area (TPSA) is 61.2 Å². The summed E-state index contributed by atoms with van der Waals surface area (Å²) in [7, 11) is 1.20. The normalized spacial score (nSPS) is 10.3. The first-order chi connectivity index (χ1) is 9.58. The van der Waals surface area contributed by atoms with Gasteiger partial charge in [-0.15, -0.1) is 0 Å². The van der Waals surface area contributed by atoms with Crippen molar-refractivity contribution in [3.05, 3.63) is 52.2 Å². The highest BCUT2D eigenvalue weighted by Crippen LogP contribution is 2.18. The molecule has 1 heterocycles. The lowest BCUT2D eigenvalue weighted by Crippen LogP contribution is -2.24. The molecule has 0 N–H and O–H groups in total. The SMILES string of the molecule is COC(=O)c1cc(=O)n(-c2ccccc2F)c(SC)n1. The van der Waals surface area contributed by atoms with Gasteiger partial charge < -0.3 is 4.74 Å². The highest BCUT2D eigenvalue weighted by molar-refractivity contribution is 7.98. The number of aromatic nitrogens is 2. The van der Waals surface area contributed by atoms with Crippen LogP contribution in [0.2, 0.25) is 0 Å². The predicted molar refractivity (Wildman–Crippen MR) is 72.9 cm³/mol. The monoisotopic (exact) mass is 294 g/mol. The number of hydrogen-bond acceptors (Lipinski definition) is 5. The minimum Gasteiger partial charge on any atom is -0.464 e. The van der Waals surface area contributed by atoms with E-state index in [1.54, 1.807) is 12.3 Å². The van der Waals surface area contributed by atoms with E-state index in [1.807, 2.05) is 0 Å². The molecule has 0 saturated carbocycles. The van der Waals surface area contributed by atoms with Crippen molar-refractivity contribution in [3.63, 3.8) is 0 Å². The summed E-state index contributed by atoms with van der Waals surface area (Å²) in [6.45, 7) is 0. The van der Waals surface area contributed by atoms with Crippen molar-refractivity contribution in [1.82, 2.24) is 9.55 Å². The maximum atomic E-state index is 13.8. The van der Waals surface area contributed by atoms with E-state index in [0.29, 0.717) is 0 Å². The van der Waals surface area contributed by atoms with E-state index < -0.39 is 17.3 Å². The maximum Gasteiger partial charge on any atom is 0.356 e. The minimum atomic E-state index is -0.710. The Morgan fingerprint density at radius 2 is 2.10 bits per heavy atom. The summed E-state index contributed by atoms with van der Waals surface area (Å²) in [6, 6.07) is 6.89. The summed E-state index contributed by atoms with van der Waals surface area (Å²) in [5.41, 5.74) is -0.560. The van der Waals surface area contributed by atoms with Crippen LogP contribution in [0.15, 0.2) is 40.3 Å². The largest absolute Gasteiger partial charge is 0.464 e. The first-order valence-corrected chi connectivity index (χ1v) is 6.82. The van der Waals surface area contributed by atoms with Gasteiger partial charge in [-0.3, -0.25) is 9.36 Å². The molecule has 2 rings (SSSR count). The lowest BCUT2D eigenvalue weighted by atomic mass is 10.3. The van der Waals surface area contributed by atoms with Crippen molar-refractivity contribution in [2.75, 3.05) is 13.4 Å². The van der Waals surface area contributed by atoms with Crippen LogP contribution < -0.4 is 5.56 Å². The second-order valence-corrected chi connectivity index (χ2v) is 4.52. The van der Waals surface area contributed by atoms with Gasteiger partial charge in [-0.2, -0.15) is 0 Å². The molecule has 0 amide bonds. The average Bonchev–Trinajstić information content (AvgIpc) is 2.46. The van der Waals surface area contributed by atoms with Crippen molar-refractivity contribution in [3.8, 4) is 5.69 Å². The van der Waals surface area contributed by atoms with Crippen LogP contribution in [0, 0.1) is 5.82 Å². The van der Waals surface area contributed by atoms with Gasteiger partial charge in [0.2, 0.25) is 0 Å². The van der Waals surface area contributed by atoms with Crippen molar-refractivity contribution in [2.45, 2.75) is 5.16 Å². The highest BCUT2D eigenvalue weighted by atomic mass is 32.2. The van der Waals surface area contributed by atoms with Gasteiger partial charge >= 0.3 is 5.97 Å². The van der Waals surface area contributed by atoms with Crippen LogP contribution in [0.25, 0.3) is 5.69 Å². The molecule has 0 fully saturated rings. The highest BCUT2D eigenvalue weighted by Gasteiger charge is 2.16. The average molecular weight is 294 g/mol. The molecule has 0 aliphatic carbocycles. The van der Waals surface area contributed by atoms with Crippen LogP contribution in [0.5, 0.6) is 0 Å². The molecule has 0 aliphatic heterocycles. The Kier molecular flexibility index (Phi) is 4.19. The van der Waals surface area contributed by atoms with Crippen molar-refractivity contribution in [1.29, 1.82) is 0 Å². The zero-order valence-corrected chi connectivity index (χ0v) is 11.6. The van der Waals surface area contributed by atoms with Gasteiger partial charge in [-0.05, 0) is 18.4 Å². The van der Waals surface area contributed by atoms with Crippen molar-refractivity contribution in [2.24, 2.45) is 0 Å². The lowest BCUT2D eigenvalue weighted by molar-refractivity contribution is 0.0592. The molecule has 1 aromatic heterocycles. The van der Waals surface area contributed by atoms with Gasteiger partial charge in [0.1, 0.15) is 5.82 Å². The molecular formula is C13H11FN2O3S. The number of halogens is 1. The van der Waals surface area contributed by atoms with E-state index in [0.717, 1.165) is 22.4 Å².